The van der Waals surface area contributed by atoms with Crippen LogP contribution in [0.3, 0.4) is 0 Å². The number of hydrogen-bond donors (Lipinski definition) is 1. The quantitative estimate of drug-likeness (QED) is 0.538. The molecule has 1 unspecified atom stereocenters. The van der Waals surface area contributed by atoms with E-state index in [1.165, 1.54) is 0 Å². The molecule has 2 aliphatic heterocycles. The number of amides is 1. The number of carbonyl (C=O) groups is 1. The van der Waals surface area contributed by atoms with Crippen molar-refractivity contribution in [2.45, 2.75) is 31.9 Å². The molecule has 0 aliphatic carbocycles. The second-order valence-electron chi connectivity index (χ2n) is 9.46. The number of β-amino-alcohol motifs (C(OH)–C–C–N with tert-alkyl or cyclic N) is 1. The van der Waals surface area contributed by atoms with Crippen LogP contribution < -0.4 is 9.47 Å². The first-order chi connectivity index (χ1) is 15.3. The molecule has 0 spiro atoms. The van der Waals surface area contributed by atoms with E-state index in [0.717, 1.165) is 75.7 Å². The van der Waals surface area contributed by atoms with E-state index in [9.17, 15) is 9.90 Å². The SMILES string of the molecule is COc1cc(CN2CCC(O)(CN3CCN(C(C)=O)CC3)C2)ccc1OCCCN(C)C. The lowest BCUT2D eigenvalue weighted by Crippen LogP contribution is -2.53. The van der Waals surface area contributed by atoms with Gasteiger partial charge >= 0.3 is 0 Å². The maximum atomic E-state index is 11.5. The number of likely N-dealkylation sites (tertiary alicyclic amines) is 1. The summed E-state index contributed by atoms with van der Waals surface area (Å²) in [6.07, 6.45) is 1.73. The van der Waals surface area contributed by atoms with E-state index in [2.05, 4.69) is 34.9 Å². The molecule has 0 radical (unpaired) electrons. The first-order valence-corrected chi connectivity index (χ1v) is 11.6. The highest BCUT2D eigenvalue weighted by Gasteiger charge is 2.38. The van der Waals surface area contributed by atoms with Crippen LogP contribution >= 0.6 is 0 Å². The number of carbonyl (C=O) groups excluding carboxylic acids is 1. The monoisotopic (exact) mass is 448 g/mol. The van der Waals surface area contributed by atoms with E-state index in [1.54, 1.807) is 14.0 Å². The first kappa shape index (κ1) is 24.8. The van der Waals surface area contributed by atoms with Gasteiger partial charge in [0.1, 0.15) is 0 Å². The van der Waals surface area contributed by atoms with E-state index < -0.39 is 5.60 Å². The average molecular weight is 449 g/mol. The molecule has 2 aliphatic rings. The summed E-state index contributed by atoms with van der Waals surface area (Å²) in [5, 5.41) is 11.2. The maximum Gasteiger partial charge on any atom is 0.219 e. The molecule has 0 aromatic heterocycles. The van der Waals surface area contributed by atoms with Crippen molar-refractivity contribution < 1.29 is 19.4 Å². The minimum absolute atomic E-state index is 0.135. The van der Waals surface area contributed by atoms with Gasteiger partial charge in [-0.15, -0.1) is 0 Å². The fraction of sp³-hybridized carbons (Fsp3) is 0.708. The number of methoxy groups -OCH3 is 1. The lowest BCUT2D eigenvalue weighted by Gasteiger charge is -2.38. The van der Waals surface area contributed by atoms with Crippen LogP contribution in [-0.2, 0) is 11.3 Å². The Balaban J connectivity index is 1.48. The summed E-state index contributed by atoms with van der Waals surface area (Å²) in [6, 6.07) is 6.11. The van der Waals surface area contributed by atoms with Crippen molar-refractivity contribution in [1.82, 2.24) is 19.6 Å². The number of piperazine rings is 1. The van der Waals surface area contributed by atoms with E-state index in [1.807, 2.05) is 17.0 Å². The number of rotatable bonds is 10. The van der Waals surface area contributed by atoms with Gasteiger partial charge in [-0.05, 0) is 44.6 Å². The largest absolute Gasteiger partial charge is 0.493 e. The summed E-state index contributed by atoms with van der Waals surface area (Å²) in [7, 11) is 5.79. The minimum atomic E-state index is -0.696. The van der Waals surface area contributed by atoms with Crippen molar-refractivity contribution in [2.75, 3.05) is 80.2 Å². The number of aliphatic hydroxyl groups is 1. The number of ether oxygens (including phenoxy) is 2. The van der Waals surface area contributed by atoms with Gasteiger partial charge in [-0.2, -0.15) is 0 Å². The molecule has 8 nitrogen and oxygen atoms in total. The van der Waals surface area contributed by atoms with Crippen LogP contribution in [-0.4, -0.2) is 116 Å². The Hall–Kier alpha value is -1.87. The molecule has 1 aromatic carbocycles. The van der Waals surface area contributed by atoms with Crippen LogP contribution in [0.1, 0.15) is 25.3 Å². The Morgan fingerprint density at radius 1 is 1.12 bits per heavy atom. The molecule has 32 heavy (non-hydrogen) atoms. The minimum Gasteiger partial charge on any atom is -0.493 e. The summed E-state index contributed by atoms with van der Waals surface area (Å²) in [5.74, 6) is 1.67. The molecule has 3 rings (SSSR count). The van der Waals surface area contributed by atoms with Gasteiger partial charge in [-0.3, -0.25) is 14.6 Å². The molecule has 1 aromatic rings. The Morgan fingerprint density at radius 2 is 1.88 bits per heavy atom. The zero-order valence-corrected chi connectivity index (χ0v) is 20.2. The molecule has 1 amide bonds. The third-order valence-electron chi connectivity index (χ3n) is 6.39. The van der Waals surface area contributed by atoms with Crippen molar-refractivity contribution in [3.8, 4) is 11.5 Å². The molecular weight excluding hydrogens is 408 g/mol. The molecule has 180 valence electrons. The van der Waals surface area contributed by atoms with E-state index in [-0.39, 0.29) is 5.91 Å². The smallest absolute Gasteiger partial charge is 0.219 e. The van der Waals surface area contributed by atoms with Crippen LogP contribution in [0.15, 0.2) is 18.2 Å². The van der Waals surface area contributed by atoms with Crippen molar-refractivity contribution in [1.29, 1.82) is 0 Å². The van der Waals surface area contributed by atoms with Gasteiger partial charge in [0, 0.05) is 65.8 Å². The molecule has 0 saturated carbocycles. The highest BCUT2D eigenvalue weighted by molar-refractivity contribution is 5.73. The lowest BCUT2D eigenvalue weighted by atomic mass is 10.0. The second-order valence-corrected chi connectivity index (χ2v) is 9.46. The number of nitrogens with zero attached hydrogens (tertiary/aromatic N) is 4. The predicted molar refractivity (Wildman–Crippen MR) is 125 cm³/mol. The Bertz CT molecular complexity index is 752. The van der Waals surface area contributed by atoms with E-state index >= 15 is 0 Å². The Morgan fingerprint density at radius 3 is 2.53 bits per heavy atom. The molecular formula is C24H40N4O4. The molecule has 2 saturated heterocycles. The normalized spacial score (nSPS) is 22.5. The highest BCUT2D eigenvalue weighted by Crippen LogP contribution is 2.30. The van der Waals surface area contributed by atoms with Crippen LogP contribution in [0.5, 0.6) is 11.5 Å². The molecule has 8 heteroatoms. The summed E-state index contributed by atoms with van der Waals surface area (Å²) < 4.78 is 11.5. The van der Waals surface area contributed by atoms with E-state index in [0.29, 0.717) is 19.7 Å². The number of hydrogen-bond acceptors (Lipinski definition) is 7. The zero-order chi connectivity index (χ0) is 23.1. The van der Waals surface area contributed by atoms with Gasteiger partial charge in [0.2, 0.25) is 5.91 Å². The van der Waals surface area contributed by atoms with Gasteiger partial charge in [0.15, 0.2) is 11.5 Å². The summed E-state index contributed by atoms with van der Waals surface area (Å²) >= 11 is 0. The van der Waals surface area contributed by atoms with Crippen LogP contribution in [0.4, 0.5) is 0 Å². The van der Waals surface area contributed by atoms with Gasteiger partial charge in [0.25, 0.3) is 0 Å². The lowest BCUT2D eigenvalue weighted by molar-refractivity contribution is -0.130. The Labute approximate surface area is 192 Å². The van der Waals surface area contributed by atoms with E-state index in [4.69, 9.17) is 9.47 Å². The highest BCUT2D eigenvalue weighted by atomic mass is 16.5. The average Bonchev–Trinajstić information content (AvgIpc) is 3.12. The van der Waals surface area contributed by atoms with Gasteiger partial charge in [-0.25, -0.2) is 0 Å². The first-order valence-electron chi connectivity index (χ1n) is 11.6. The summed E-state index contributed by atoms with van der Waals surface area (Å²) in [4.78, 5) is 20.1. The van der Waals surface area contributed by atoms with Crippen molar-refractivity contribution >= 4 is 5.91 Å². The Kier molecular flexibility index (Phi) is 8.76. The molecule has 1 atom stereocenters. The van der Waals surface area contributed by atoms with Gasteiger partial charge in [-0.1, -0.05) is 6.07 Å². The van der Waals surface area contributed by atoms with Crippen LogP contribution in [0.2, 0.25) is 0 Å². The molecule has 2 fully saturated rings. The number of benzene rings is 1. The second kappa shape index (κ2) is 11.3. The van der Waals surface area contributed by atoms with Crippen LogP contribution in [0.25, 0.3) is 0 Å². The van der Waals surface area contributed by atoms with Gasteiger partial charge < -0.3 is 24.4 Å². The third kappa shape index (κ3) is 7.07. The molecule has 0 bridgehead atoms. The fourth-order valence-electron chi connectivity index (χ4n) is 4.59. The molecule has 2 heterocycles. The predicted octanol–water partition coefficient (Wildman–Crippen LogP) is 1.13. The van der Waals surface area contributed by atoms with Crippen LogP contribution in [0, 0.1) is 0 Å². The van der Waals surface area contributed by atoms with Crippen molar-refractivity contribution in [2.24, 2.45) is 0 Å². The fourth-order valence-corrected chi connectivity index (χ4v) is 4.59. The molecule has 1 N–H and O–H groups in total. The summed E-state index contributed by atoms with van der Waals surface area (Å²) in [5.41, 5.74) is 0.458. The van der Waals surface area contributed by atoms with Crippen molar-refractivity contribution in [3.05, 3.63) is 23.8 Å². The third-order valence-corrected chi connectivity index (χ3v) is 6.39. The topological polar surface area (TPSA) is 68.7 Å². The van der Waals surface area contributed by atoms with Crippen molar-refractivity contribution in [3.63, 3.8) is 0 Å². The summed E-state index contributed by atoms with van der Waals surface area (Å²) in [6.45, 7) is 9.40. The standard InChI is InChI=1S/C24H40N4O4/c1-20(29)28-13-11-26(12-14-28)18-24(30)8-10-27(19-24)17-21-6-7-22(23(16-21)31-4)32-15-5-9-25(2)3/h6-7,16,30H,5,8-15,17-19H2,1-4H3. The zero-order valence-electron chi connectivity index (χ0n) is 20.2. The van der Waals surface area contributed by atoms with Gasteiger partial charge in [0.05, 0.1) is 19.3 Å². The maximum absolute atomic E-state index is 11.5.